The van der Waals surface area contributed by atoms with E-state index in [4.69, 9.17) is 0 Å². The Morgan fingerprint density at radius 3 is 2.47 bits per heavy atom. The second-order valence-electron chi connectivity index (χ2n) is 3.58. The summed E-state index contributed by atoms with van der Waals surface area (Å²) < 4.78 is 42.6. The van der Waals surface area contributed by atoms with Gasteiger partial charge in [0.05, 0.1) is 0 Å². The average molecular weight is 252 g/mol. The zero-order valence-electron chi connectivity index (χ0n) is 9.54. The quantitative estimate of drug-likeness (QED) is 0.721. The molecule has 17 heavy (non-hydrogen) atoms. The smallest absolute Gasteiger partial charge is 0.372 e. The van der Waals surface area contributed by atoms with E-state index in [0.29, 0.717) is 19.5 Å². The molecule has 1 heterocycles. The third-order valence-corrected chi connectivity index (χ3v) is 2.21. The third-order valence-electron chi connectivity index (χ3n) is 2.21. The summed E-state index contributed by atoms with van der Waals surface area (Å²) in [6.45, 7) is 1.54. The van der Waals surface area contributed by atoms with Crippen LogP contribution in [0.1, 0.15) is 13.3 Å². The normalized spacial score (nSPS) is 12.0. The van der Waals surface area contributed by atoms with Gasteiger partial charge in [0.2, 0.25) is 0 Å². The van der Waals surface area contributed by atoms with E-state index >= 15 is 0 Å². The summed E-state index contributed by atoms with van der Waals surface area (Å²) >= 11 is 0. The first-order valence-electron chi connectivity index (χ1n) is 5.34. The Morgan fingerprint density at radius 1 is 1.29 bits per heavy atom. The number of rotatable bonds is 6. The van der Waals surface area contributed by atoms with Crippen LogP contribution < -0.4 is 5.69 Å². The number of hydrogen-bond donors (Lipinski definition) is 0. The molecule has 0 unspecified atom stereocenters. The van der Waals surface area contributed by atoms with Crippen molar-refractivity contribution in [1.82, 2.24) is 9.13 Å². The zero-order chi connectivity index (χ0) is 12.9. The molecule has 0 saturated carbocycles. The Hall–Kier alpha value is -1.24. The molecule has 0 aliphatic rings. The number of ether oxygens (including phenoxy) is 1. The van der Waals surface area contributed by atoms with E-state index in [1.807, 2.05) is 6.92 Å². The van der Waals surface area contributed by atoms with Crippen LogP contribution in [0.15, 0.2) is 17.2 Å². The number of hydrogen-bond acceptors (Lipinski definition) is 2. The fourth-order valence-electron chi connectivity index (χ4n) is 1.39. The molecule has 0 N–H and O–H groups in total. The molecule has 0 aliphatic heterocycles. The zero-order valence-corrected chi connectivity index (χ0v) is 9.54. The van der Waals surface area contributed by atoms with Gasteiger partial charge in [0, 0.05) is 32.1 Å². The Balaban J connectivity index is 2.27. The molecular weight excluding hydrogens is 237 g/mol. The summed E-state index contributed by atoms with van der Waals surface area (Å²) in [6.07, 6.45) is -0.638. The molecule has 7 heteroatoms. The Morgan fingerprint density at radius 2 is 1.94 bits per heavy atom. The van der Waals surface area contributed by atoms with Crippen molar-refractivity contribution in [3.8, 4) is 0 Å². The highest BCUT2D eigenvalue weighted by atomic mass is 19.4. The Bertz CT molecular complexity index is 395. The van der Waals surface area contributed by atoms with E-state index in [0.717, 1.165) is 0 Å². The van der Waals surface area contributed by atoms with Gasteiger partial charge >= 0.3 is 11.9 Å². The standard InChI is InChI=1S/C10H15F3N2O2/c1-2-14-5-6-15(9(14)16)4-3-7-17-8-10(11,12)13/h5-6H,2-4,7-8H2,1H3. The lowest BCUT2D eigenvalue weighted by atomic mass is 10.4. The summed E-state index contributed by atoms with van der Waals surface area (Å²) in [4.78, 5) is 11.5. The molecule has 0 atom stereocenters. The van der Waals surface area contributed by atoms with Gasteiger partial charge in [0.1, 0.15) is 6.61 Å². The van der Waals surface area contributed by atoms with E-state index < -0.39 is 12.8 Å². The van der Waals surface area contributed by atoms with Crippen LogP contribution in [0.4, 0.5) is 13.2 Å². The van der Waals surface area contributed by atoms with Crippen LogP contribution in [-0.4, -0.2) is 28.5 Å². The van der Waals surface area contributed by atoms with Gasteiger partial charge in [0.15, 0.2) is 0 Å². The lowest BCUT2D eigenvalue weighted by molar-refractivity contribution is -0.174. The van der Waals surface area contributed by atoms with Crippen molar-refractivity contribution in [2.24, 2.45) is 0 Å². The number of aromatic nitrogens is 2. The summed E-state index contributed by atoms with van der Waals surface area (Å²) in [5.74, 6) is 0. The Labute approximate surface area is 96.6 Å². The van der Waals surface area contributed by atoms with Crippen molar-refractivity contribution in [2.75, 3.05) is 13.2 Å². The molecule has 4 nitrogen and oxygen atoms in total. The maximum atomic E-state index is 11.7. The van der Waals surface area contributed by atoms with Crippen LogP contribution in [0.5, 0.6) is 0 Å². The molecule has 0 spiro atoms. The van der Waals surface area contributed by atoms with Crippen LogP contribution in [0.25, 0.3) is 0 Å². The largest absolute Gasteiger partial charge is 0.411 e. The van der Waals surface area contributed by atoms with Crippen molar-refractivity contribution in [3.05, 3.63) is 22.9 Å². The highest BCUT2D eigenvalue weighted by Gasteiger charge is 2.27. The average Bonchev–Trinajstić information content (AvgIpc) is 2.58. The molecule has 0 fully saturated rings. The van der Waals surface area contributed by atoms with Gasteiger partial charge in [-0.25, -0.2) is 4.79 Å². The summed E-state index contributed by atoms with van der Waals surface area (Å²) in [7, 11) is 0. The predicted octanol–water partition coefficient (Wildman–Crippen LogP) is 1.64. The van der Waals surface area contributed by atoms with Crippen molar-refractivity contribution < 1.29 is 17.9 Å². The van der Waals surface area contributed by atoms with E-state index in [2.05, 4.69) is 4.74 Å². The minimum atomic E-state index is -4.29. The summed E-state index contributed by atoms with van der Waals surface area (Å²) in [5, 5.41) is 0. The van der Waals surface area contributed by atoms with Crippen molar-refractivity contribution in [1.29, 1.82) is 0 Å². The Kier molecular flexibility index (Phi) is 4.80. The van der Waals surface area contributed by atoms with E-state index in [1.165, 1.54) is 9.13 Å². The minimum absolute atomic E-state index is 0.0107. The van der Waals surface area contributed by atoms with E-state index in [1.54, 1.807) is 12.4 Å². The minimum Gasteiger partial charge on any atom is -0.372 e. The van der Waals surface area contributed by atoms with Crippen molar-refractivity contribution >= 4 is 0 Å². The second kappa shape index (κ2) is 5.90. The fourth-order valence-corrected chi connectivity index (χ4v) is 1.39. The first kappa shape index (κ1) is 13.8. The van der Waals surface area contributed by atoms with Crippen LogP contribution in [0, 0.1) is 0 Å². The number of halogens is 3. The maximum absolute atomic E-state index is 11.7. The van der Waals surface area contributed by atoms with Crippen molar-refractivity contribution in [2.45, 2.75) is 32.6 Å². The number of alkyl halides is 3. The van der Waals surface area contributed by atoms with Gasteiger partial charge < -0.3 is 4.74 Å². The van der Waals surface area contributed by atoms with Crippen LogP contribution in [0.3, 0.4) is 0 Å². The lowest BCUT2D eigenvalue weighted by Gasteiger charge is -2.07. The predicted molar refractivity (Wildman–Crippen MR) is 55.9 cm³/mol. The lowest BCUT2D eigenvalue weighted by Crippen LogP contribution is -2.24. The molecular formula is C10H15F3N2O2. The molecule has 0 aromatic carbocycles. The molecule has 98 valence electrons. The maximum Gasteiger partial charge on any atom is 0.411 e. The summed E-state index contributed by atoms with van der Waals surface area (Å²) in [5.41, 5.74) is -0.150. The summed E-state index contributed by atoms with van der Waals surface area (Å²) in [6, 6.07) is 0. The van der Waals surface area contributed by atoms with Crippen molar-refractivity contribution in [3.63, 3.8) is 0 Å². The first-order chi connectivity index (χ1) is 7.94. The number of aryl methyl sites for hydroxylation is 2. The molecule has 0 amide bonds. The van der Waals surface area contributed by atoms with Gasteiger partial charge in [-0.05, 0) is 13.3 Å². The highest BCUT2D eigenvalue weighted by Crippen LogP contribution is 2.14. The van der Waals surface area contributed by atoms with Crippen LogP contribution in [0.2, 0.25) is 0 Å². The van der Waals surface area contributed by atoms with Crippen LogP contribution in [-0.2, 0) is 17.8 Å². The molecule has 1 rings (SSSR count). The highest BCUT2D eigenvalue weighted by molar-refractivity contribution is 4.80. The third kappa shape index (κ3) is 4.64. The second-order valence-corrected chi connectivity index (χ2v) is 3.58. The topological polar surface area (TPSA) is 36.2 Å². The molecule has 0 bridgehead atoms. The van der Waals surface area contributed by atoms with Gasteiger partial charge in [-0.15, -0.1) is 0 Å². The van der Waals surface area contributed by atoms with Gasteiger partial charge in [-0.1, -0.05) is 0 Å². The van der Waals surface area contributed by atoms with Gasteiger partial charge in [0.25, 0.3) is 0 Å². The van der Waals surface area contributed by atoms with Crippen LogP contribution >= 0.6 is 0 Å². The van der Waals surface area contributed by atoms with E-state index in [9.17, 15) is 18.0 Å². The molecule has 0 radical (unpaired) electrons. The molecule has 0 saturated heterocycles. The molecule has 1 aromatic heterocycles. The first-order valence-corrected chi connectivity index (χ1v) is 5.34. The molecule has 0 aliphatic carbocycles. The SMILES string of the molecule is CCn1ccn(CCCOCC(F)(F)F)c1=O. The number of nitrogens with zero attached hydrogens (tertiary/aromatic N) is 2. The van der Waals surface area contributed by atoms with E-state index in [-0.39, 0.29) is 12.3 Å². The fraction of sp³-hybridized carbons (Fsp3) is 0.700. The van der Waals surface area contributed by atoms with Gasteiger partial charge in [-0.3, -0.25) is 9.13 Å². The monoisotopic (exact) mass is 252 g/mol. The number of imidazole rings is 1. The van der Waals surface area contributed by atoms with Gasteiger partial charge in [-0.2, -0.15) is 13.2 Å². The molecule has 1 aromatic rings.